The van der Waals surface area contributed by atoms with E-state index >= 15 is 0 Å². The first-order chi connectivity index (χ1) is 13.8. The molecule has 0 spiro atoms. The predicted octanol–water partition coefficient (Wildman–Crippen LogP) is 5.41. The van der Waals surface area contributed by atoms with Crippen LogP contribution in [0.4, 0.5) is 5.69 Å². The number of halogens is 1. The molecule has 1 heterocycles. The smallest absolute Gasteiger partial charge is 0.270 e. The molecule has 0 radical (unpaired) electrons. The standard InChI is InChI=1S/C22H24ClN3O3/c1-14(2)10-21(22(27)24-12-16-4-6-17(23)7-5-16)25-13-15(3)19-11-18(26(28)29)8-9-20(19)25/h4-9,11,13-14,21H,10,12H2,1-3H3,(H,24,27). The Hall–Kier alpha value is -2.86. The highest BCUT2D eigenvalue weighted by atomic mass is 35.5. The summed E-state index contributed by atoms with van der Waals surface area (Å²) < 4.78 is 1.94. The van der Waals surface area contributed by atoms with Crippen LogP contribution in [-0.2, 0) is 11.3 Å². The first-order valence-electron chi connectivity index (χ1n) is 9.54. The highest BCUT2D eigenvalue weighted by molar-refractivity contribution is 6.30. The first kappa shape index (κ1) is 20.9. The summed E-state index contributed by atoms with van der Waals surface area (Å²) in [4.78, 5) is 23.8. The van der Waals surface area contributed by atoms with Gasteiger partial charge in [0.2, 0.25) is 5.91 Å². The summed E-state index contributed by atoms with van der Waals surface area (Å²) in [5, 5.41) is 15.6. The van der Waals surface area contributed by atoms with Gasteiger partial charge in [0.15, 0.2) is 0 Å². The van der Waals surface area contributed by atoms with Gasteiger partial charge in [0.25, 0.3) is 5.69 Å². The number of nitrogens with zero attached hydrogens (tertiary/aromatic N) is 2. The molecule has 29 heavy (non-hydrogen) atoms. The van der Waals surface area contributed by atoms with Crippen molar-refractivity contribution in [1.82, 2.24) is 9.88 Å². The van der Waals surface area contributed by atoms with Crippen molar-refractivity contribution in [2.24, 2.45) is 5.92 Å². The molecule has 1 atom stereocenters. The van der Waals surface area contributed by atoms with Crippen molar-refractivity contribution < 1.29 is 9.72 Å². The van der Waals surface area contributed by atoms with Crippen LogP contribution in [0.25, 0.3) is 10.9 Å². The zero-order chi connectivity index (χ0) is 21.1. The van der Waals surface area contributed by atoms with Crippen molar-refractivity contribution in [3.63, 3.8) is 0 Å². The highest BCUT2D eigenvalue weighted by Crippen LogP contribution is 2.30. The molecule has 152 valence electrons. The fourth-order valence-electron chi connectivity index (χ4n) is 3.49. The van der Waals surface area contributed by atoms with E-state index in [4.69, 9.17) is 11.6 Å². The first-order valence-corrected chi connectivity index (χ1v) is 9.91. The van der Waals surface area contributed by atoms with Gasteiger partial charge in [0.05, 0.1) is 4.92 Å². The van der Waals surface area contributed by atoms with Crippen molar-refractivity contribution in [3.8, 4) is 0 Å². The van der Waals surface area contributed by atoms with Crippen molar-refractivity contribution >= 4 is 34.1 Å². The molecule has 0 saturated carbocycles. The van der Waals surface area contributed by atoms with Gasteiger partial charge in [-0.2, -0.15) is 0 Å². The van der Waals surface area contributed by atoms with Gasteiger partial charge in [-0.15, -0.1) is 0 Å². The van der Waals surface area contributed by atoms with Crippen LogP contribution in [0.1, 0.15) is 37.4 Å². The third-order valence-corrected chi connectivity index (χ3v) is 5.19. The molecule has 3 aromatic rings. The Balaban J connectivity index is 1.90. The summed E-state index contributed by atoms with van der Waals surface area (Å²) in [6.07, 6.45) is 2.57. The van der Waals surface area contributed by atoms with E-state index in [1.165, 1.54) is 6.07 Å². The molecule has 1 N–H and O–H groups in total. The van der Waals surface area contributed by atoms with Crippen LogP contribution in [0.5, 0.6) is 0 Å². The van der Waals surface area contributed by atoms with Gasteiger partial charge in [-0.3, -0.25) is 14.9 Å². The number of carbonyl (C=O) groups is 1. The zero-order valence-electron chi connectivity index (χ0n) is 16.7. The SMILES string of the molecule is Cc1cn(C(CC(C)C)C(=O)NCc2ccc(Cl)cc2)c2ccc([N+](=O)[O-])cc12. The minimum absolute atomic E-state index is 0.0472. The Morgan fingerprint density at radius 2 is 1.90 bits per heavy atom. The van der Waals surface area contributed by atoms with E-state index in [0.717, 1.165) is 22.0 Å². The van der Waals surface area contributed by atoms with Crippen LogP contribution in [0, 0.1) is 23.0 Å². The molecule has 2 aromatic carbocycles. The van der Waals surface area contributed by atoms with Crippen molar-refractivity contribution in [3.05, 3.63) is 74.9 Å². The molecule has 0 saturated heterocycles. The maximum absolute atomic E-state index is 13.1. The molecule has 0 aliphatic heterocycles. The fourth-order valence-corrected chi connectivity index (χ4v) is 3.61. The highest BCUT2D eigenvalue weighted by Gasteiger charge is 2.24. The van der Waals surface area contributed by atoms with Crippen LogP contribution in [0.15, 0.2) is 48.7 Å². The number of hydrogen-bond acceptors (Lipinski definition) is 3. The number of nitro groups is 1. The van der Waals surface area contributed by atoms with Crippen LogP contribution in [-0.4, -0.2) is 15.4 Å². The van der Waals surface area contributed by atoms with Crippen molar-refractivity contribution in [1.29, 1.82) is 0 Å². The lowest BCUT2D eigenvalue weighted by Gasteiger charge is -2.21. The number of nitro benzene ring substituents is 1. The average molecular weight is 414 g/mol. The average Bonchev–Trinajstić information content (AvgIpc) is 3.01. The zero-order valence-corrected chi connectivity index (χ0v) is 17.4. The summed E-state index contributed by atoms with van der Waals surface area (Å²) in [6.45, 7) is 6.46. The van der Waals surface area contributed by atoms with E-state index in [0.29, 0.717) is 23.9 Å². The van der Waals surface area contributed by atoms with Crippen LogP contribution in [0.3, 0.4) is 0 Å². The number of aromatic nitrogens is 1. The second-order valence-electron chi connectivity index (χ2n) is 7.67. The second kappa shape index (κ2) is 8.66. The number of benzene rings is 2. The van der Waals surface area contributed by atoms with Crippen LogP contribution < -0.4 is 5.32 Å². The normalized spacial score (nSPS) is 12.3. The van der Waals surface area contributed by atoms with Gasteiger partial charge < -0.3 is 9.88 Å². The lowest BCUT2D eigenvalue weighted by molar-refractivity contribution is -0.384. The van der Waals surface area contributed by atoms with E-state index in [1.54, 1.807) is 24.3 Å². The Morgan fingerprint density at radius 1 is 1.21 bits per heavy atom. The number of nitrogens with one attached hydrogen (secondary N) is 1. The summed E-state index contributed by atoms with van der Waals surface area (Å²) in [6, 6.07) is 11.7. The molecule has 0 aliphatic carbocycles. The minimum atomic E-state index is -0.403. The van der Waals surface area contributed by atoms with Gasteiger partial charge in [-0.1, -0.05) is 37.6 Å². The summed E-state index contributed by atoms with van der Waals surface area (Å²) >= 11 is 5.92. The number of non-ortho nitro benzene ring substituents is 1. The number of fused-ring (bicyclic) bond motifs is 1. The summed E-state index contributed by atoms with van der Waals surface area (Å²) in [5.74, 6) is 0.223. The van der Waals surface area contributed by atoms with E-state index in [2.05, 4.69) is 19.2 Å². The number of hydrogen-bond donors (Lipinski definition) is 1. The largest absolute Gasteiger partial charge is 0.350 e. The molecule has 7 heteroatoms. The van der Waals surface area contributed by atoms with E-state index in [1.807, 2.05) is 29.8 Å². The molecular weight excluding hydrogens is 390 g/mol. The van der Waals surface area contributed by atoms with Crippen molar-refractivity contribution in [2.75, 3.05) is 0 Å². The monoisotopic (exact) mass is 413 g/mol. The van der Waals surface area contributed by atoms with Crippen molar-refractivity contribution in [2.45, 2.75) is 39.8 Å². The summed E-state index contributed by atoms with van der Waals surface area (Å²) in [5.41, 5.74) is 2.74. The molecule has 3 rings (SSSR count). The third kappa shape index (κ3) is 4.77. The van der Waals surface area contributed by atoms with Gasteiger partial charge in [-0.05, 0) is 48.6 Å². The van der Waals surface area contributed by atoms with Crippen LogP contribution >= 0.6 is 11.6 Å². The van der Waals surface area contributed by atoms with E-state index in [9.17, 15) is 14.9 Å². The fraction of sp³-hybridized carbons (Fsp3) is 0.318. The quantitative estimate of drug-likeness (QED) is 0.415. The molecule has 0 fully saturated rings. The van der Waals surface area contributed by atoms with Gasteiger partial charge >= 0.3 is 0 Å². The molecule has 0 bridgehead atoms. The maximum atomic E-state index is 13.1. The molecule has 1 unspecified atom stereocenters. The van der Waals surface area contributed by atoms with E-state index in [-0.39, 0.29) is 11.6 Å². The Labute approximate surface area is 174 Å². The number of carbonyl (C=O) groups excluding carboxylic acids is 1. The van der Waals surface area contributed by atoms with Gasteiger partial charge in [0.1, 0.15) is 6.04 Å². The Bertz CT molecular complexity index is 1040. The molecule has 0 aliphatic rings. The molecule has 6 nitrogen and oxygen atoms in total. The molecule has 1 amide bonds. The second-order valence-corrected chi connectivity index (χ2v) is 8.10. The van der Waals surface area contributed by atoms with E-state index < -0.39 is 11.0 Å². The topological polar surface area (TPSA) is 77.2 Å². The predicted molar refractivity (Wildman–Crippen MR) is 115 cm³/mol. The number of aryl methyl sites for hydroxylation is 1. The van der Waals surface area contributed by atoms with Gasteiger partial charge in [0, 0.05) is 40.8 Å². The Kier molecular flexibility index (Phi) is 6.23. The summed E-state index contributed by atoms with van der Waals surface area (Å²) in [7, 11) is 0. The minimum Gasteiger partial charge on any atom is -0.350 e. The third-order valence-electron chi connectivity index (χ3n) is 4.94. The lowest BCUT2D eigenvalue weighted by atomic mass is 10.0. The molecule has 1 aromatic heterocycles. The van der Waals surface area contributed by atoms with Crippen LogP contribution in [0.2, 0.25) is 5.02 Å². The number of rotatable bonds is 7. The lowest BCUT2D eigenvalue weighted by Crippen LogP contribution is -2.32. The molecular formula is C22H24ClN3O3. The van der Waals surface area contributed by atoms with Gasteiger partial charge in [-0.25, -0.2) is 0 Å². The Morgan fingerprint density at radius 3 is 2.52 bits per heavy atom. The number of amides is 1. The maximum Gasteiger partial charge on any atom is 0.270 e.